The fraction of sp³-hybridized carbons (Fsp3) is 0.348. The van der Waals surface area contributed by atoms with E-state index >= 15 is 0 Å². The quantitative estimate of drug-likeness (QED) is 0.483. The number of nitrogens with one attached hydrogen (secondary N) is 1. The molecule has 2 heterocycles. The van der Waals surface area contributed by atoms with E-state index in [0.717, 1.165) is 34.5 Å². The summed E-state index contributed by atoms with van der Waals surface area (Å²) < 4.78 is 7.61. The van der Waals surface area contributed by atoms with Crippen LogP contribution in [0.5, 0.6) is 6.01 Å². The minimum Gasteiger partial charge on any atom is -0.462 e. The highest BCUT2D eigenvalue weighted by molar-refractivity contribution is 5.80. The minimum atomic E-state index is -0.134. The van der Waals surface area contributed by atoms with Gasteiger partial charge in [0.15, 0.2) is 5.82 Å². The first-order chi connectivity index (χ1) is 15.0. The van der Waals surface area contributed by atoms with Crippen LogP contribution in [0.2, 0.25) is 0 Å². The van der Waals surface area contributed by atoms with E-state index in [0.29, 0.717) is 25.0 Å². The van der Waals surface area contributed by atoms with Crippen molar-refractivity contribution in [2.24, 2.45) is 0 Å². The highest BCUT2D eigenvalue weighted by atomic mass is 16.5. The van der Waals surface area contributed by atoms with E-state index in [1.165, 1.54) is 0 Å². The predicted octanol–water partition coefficient (Wildman–Crippen LogP) is 4.26. The SMILES string of the molecule is CCCOc1nc(C(C)(C)C)n(Cc2ccc(-c3ccccc3-c3nnn[nH]3)cc2)n1. The Morgan fingerprint density at radius 3 is 2.39 bits per heavy atom. The third-order valence-electron chi connectivity index (χ3n) is 4.88. The van der Waals surface area contributed by atoms with Crippen molar-refractivity contribution >= 4 is 0 Å². The van der Waals surface area contributed by atoms with Crippen LogP contribution in [0.25, 0.3) is 22.5 Å². The molecule has 0 bridgehead atoms. The number of aromatic amines is 1. The molecule has 2 aromatic carbocycles. The summed E-state index contributed by atoms with van der Waals surface area (Å²) in [6.07, 6.45) is 0.923. The molecule has 0 fully saturated rings. The Bertz CT molecular complexity index is 1130. The van der Waals surface area contributed by atoms with Crippen molar-refractivity contribution < 1.29 is 4.74 Å². The number of nitrogens with zero attached hydrogens (tertiary/aromatic N) is 6. The first-order valence-corrected chi connectivity index (χ1v) is 10.5. The van der Waals surface area contributed by atoms with Gasteiger partial charge in [-0.1, -0.05) is 76.2 Å². The van der Waals surface area contributed by atoms with Gasteiger partial charge in [0.2, 0.25) is 0 Å². The minimum absolute atomic E-state index is 0.134. The summed E-state index contributed by atoms with van der Waals surface area (Å²) in [5.74, 6) is 1.56. The third kappa shape index (κ3) is 4.63. The van der Waals surface area contributed by atoms with Crippen LogP contribution in [0, 0.1) is 0 Å². The van der Waals surface area contributed by atoms with Gasteiger partial charge in [0.1, 0.15) is 5.82 Å². The van der Waals surface area contributed by atoms with Crippen LogP contribution in [0.15, 0.2) is 48.5 Å². The molecule has 0 unspecified atom stereocenters. The third-order valence-corrected chi connectivity index (χ3v) is 4.88. The molecule has 0 aliphatic heterocycles. The summed E-state index contributed by atoms with van der Waals surface area (Å²) in [4.78, 5) is 4.63. The molecule has 2 aromatic heterocycles. The fourth-order valence-corrected chi connectivity index (χ4v) is 3.42. The molecule has 4 rings (SSSR count). The molecule has 0 saturated heterocycles. The monoisotopic (exact) mass is 417 g/mol. The van der Waals surface area contributed by atoms with E-state index in [9.17, 15) is 0 Å². The van der Waals surface area contributed by atoms with E-state index in [1.807, 2.05) is 22.9 Å². The van der Waals surface area contributed by atoms with E-state index in [4.69, 9.17) is 4.74 Å². The van der Waals surface area contributed by atoms with Gasteiger partial charge in [-0.15, -0.1) is 10.2 Å². The van der Waals surface area contributed by atoms with Crippen LogP contribution in [-0.4, -0.2) is 42.0 Å². The van der Waals surface area contributed by atoms with Gasteiger partial charge < -0.3 is 4.74 Å². The van der Waals surface area contributed by atoms with Crippen molar-refractivity contribution in [1.29, 1.82) is 0 Å². The van der Waals surface area contributed by atoms with Gasteiger partial charge in [-0.3, -0.25) is 0 Å². The average molecular weight is 418 g/mol. The largest absolute Gasteiger partial charge is 0.462 e. The Morgan fingerprint density at radius 2 is 1.74 bits per heavy atom. The smallest absolute Gasteiger partial charge is 0.335 e. The number of ether oxygens (including phenoxy) is 1. The van der Waals surface area contributed by atoms with Crippen LogP contribution < -0.4 is 4.74 Å². The van der Waals surface area contributed by atoms with E-state index in [-0.39, 0.29) is 5.41 Å². The topological polar surface area (TPSA) is 94.4 Å². The maximum atomic E-state index is 5.67. The normalized spacial score (nSPS) is 11.6. The summed E-state index contributed by atoms with van der Waals surface area (Å²) in [7, 11) is 0. The molecule has 4 aromatic rings. The highest BCUT2D eigenvalue weighted by Gasteiger charge is 2.23. The highest BCUT2D eigenvalue weighted by Crippen LogP contribution is 2.30. The number of tetrazole rings is 1. The summed E-state index contributed by atoms with van der Waals surface area (Å²) in [6, 6.07) is 17.0. The molecule has 8 nitrogen and oxygen atoms in total. The molecule has 0 amide bonds. The summed E-state index contributed by atoms with van der Waals surface area (Å²) in [5.41, 5.74) is 4.13. The Labute approximate surface area is 181 Å². The Morgan fingerprint density at radius 1 is 1.00 bits per heavy atom. The van der Waals surface area contributed by atoms with Gasteiger partial charge in [-0.05, 0) is 33.5 Å². The molecule has 160 valence electrons. The zero-order valence-corrected chi connectivity index (χ0v) is 18.3. The van der Waals surface area contributed by atoms with Crippen molar-refractivity contribution in [3.05, 3.63) is 59.9 Å². The number of hydrogen-bond acceptors (Lipinski definition) is 6. The van der Waals surface area contributed by atoms with Gasteiger partial charge in [0.05, 0.1) is 13.2 Å². The molecule has 0 spiro atoms. The number of rotatable bonds is 7. The van der Waals surface area contributed by atoms with E-state index in [1.54, 1.807) is 0 Å². The van der Waals surface area contributed by atoms with Crippen LogP contribution in [0.4, 0.5) is 0 Å². The van der Waals surface area contributed by atoms with Gasteiger partial charge in [-0.2, -0.15) is 4.98 Å². The van der Waals surface area contributed by atoms with Crippen LogP contribution >= 0.6 is 0 Å². The lowest BCUT2D eigenvalue weighted by Gasteiger charge is -2.18. The second-order valence-electron chi connectivity index (χ2n) is 8.47. The molecular formula is C23H27N7O. The Hall–Kier alpha value is -3.55. The number of benzene rings is 2. The predicted molar refractivity (Wildman–Crippen MR) is 119 cm³/mol. The second-order valence-corrected chi connectivity index (χ2v) is 8.47. The number of hydrogen-bond donors (Lipinski definition) is 1. The van der Waals surface area contributed by atoms with Crippen molar-refractivity contribution in [3.8, 4) is 28.5 Å². The molecule has 0 saturated carbocycles. The average Bonchev–Trinajstić information content (AvgIpc) is 3.43. The maximum absolute atomic E-state index is 5.67. The first-order valence-electron chi connectivity index (χ1n) is 10.5. The van der Waals surface area contributed by atoms with Gasteiger partial charge in [0.25, 0.3) is 0 Å². The lowest BCUT2D eigenvalue weighted by molar-refractivity contribution is 0.291. The molecule has 0 aliphatic rings. The van der Waals surface area contributed by atoms with Crippen molar-refractivity contribution in [1.82, 2.24) is 35.4 Å². The van der Waals surface area contributed by atoms with Gasteiger partial charge in [-0.25, -0.2) is 9.78 Å². The maximum Gasteiger partial charge on any atom is 0.335 e. The lowest BCUT2D eigenvalue weighted by atomic mass is 9.95. The number of H-pyrrole nitrogens is 1. The lowest BCUT2D eigenvalue weighted by Crippen LogP contribution is -2.20. The molecule has 1 N–H and O–H groups in total. The van der Waals surface area contributed by atoms with Crippen LogP contribution in [-0.2, 0) is 12.0 Å². The van der Waals surface area contributed by atoms with Crippen molar-refractivity contribution in [2.45, 2.75) is 46.1 Å². The molecule has 0 aliphatic carbocycles. The molecule has 0 atom stereocenters. The molecule has 0 radical (unpaired) electrons. The molecular weight excluding hydrogens is 390 g/mol. The first kappa shape index (κ1) is 20.7. The second kappa shape index (κ2) is 8.67. The Kier molecular flexibility index (Phi) is 5.79. The standard InChI is InChI=1S/C23H27N7O/c1-5-14-31-22-24-21(23(2,3)4)30(27-22)15-16-10-12-17(13-11-16)18-8-6-7-9-19(18)20-25-28-29-26-20/h6-13H,5,14-15H2,1-4H3,(H,25,26,28,29). The Balaban J connectivity index is 1.60. The van der Waals surface area contributed by atoms with Gasteiger partial charge in [0, 0.05) is 11.0 Å². The van der Waals surface area contributed by atoms with Crippen molar-refractivity contribution in [3.63, 3.8) is 0 Å². The zero-order chi connectivity index (χ0) is 21.8. The zero-order valence-electron chi connectivity index (χ0n) is 18.3. The summed E-state index contributed by atoms with van der Waals surface area (Å²) in [5, 5.41) is 18.9. The van der Waals surface area contributed by atoms with Crippen LogP contribution in [0.3, 0.4) is 0 Å². The number of aromatic nitrogens is 7. The molecule has 8 heteroatoms. The van der Waals surface area contributed by atoms with E-state index < -0.39 is 0 Å². The molecule has 31 heavy (non-hydrogen) atoms. The fourth-order valence-electron chi connectivity index (χ4n) is 3.42. The van der Waals surface area contributed by atoms with Crippen molar-refractivity contribution in [2.75, 3.05) is 6.61 Å². The van der Waals surface area contributed by atoms with Crippen LogP contribution in [0.1, 0.15) is 45.5 Å². The summed E-state index contributed by atoms with van der Waals surface area (Å²) >= 11 is 0. The van der Waals surface area contributed by atoms with E-state index in [2.05, 4.69) is 88.7 Å². The van der Waals surface area contributed by atoms with Gasteiger partial charge >= 0.3 is 6.01 Å². The summed E-state index contributed by atoms with van der Waals surface area (Å²) in [6.45, 7) is 9.71.